The second-order valence-electron chi connectivity index (χ2n) is 12.0. The SMILES string of the molecule is CCC.CCC(=O)OCC1c2ccccc2-c2ccccc21.CI(I)PCN.CN.CPI(C)I.O=C(CCCO)OCC1c2ccccc2-c2ccccc21. The van der Waals surface area contributed by atoms with E-state index in [1.807, 2.05) is 43.3 Å². The van der Waals surface area contributed by atoms with E-state index in [4.69, 9.17) is 20.3 Å². The molecule has 0 aromatic heterocycles. The number of nitrogens with two attached hydrogens (primary N) is 2. The number of carbonyl (C=O) groups is 2. The molecule has 0 aliphatic heterocycles. The van der Waals surface area contributed by atoms with E-state index in [1.165, 1.54) is 64.2 Å². The molecule has 0 bridgehead atoms. The first kappa shape index (κ1) is 53.5. The minimum absolute atomic E-state index is 0.0181. The maximum Gasteiger partial charge on any atom is 0.305 e. The fourth-order valence-corrected chi connectivity index (χ4v) is 11.1. The van der Waals surface area contributed by atoms with Crippen LogP contribution in [0.15, 0.2) is 97.1 Å². The molecule has 312 valence electrons. The molecule has 2 aliphatic rings. The second kappa shape index (κ2) is 32.3. The van der Waals surface area contributed by atoms with Crippen molar-refractivity contribution >= 4 is 92.2 Å². The van der Waals surface area contributed by atoms with Gasteiger partial charge in [-0.05, 0) is 58.0 Å². The van der Waals surface area contributed by atoms with Gasteiger partial charge < -0.3 is 20.3 Å². The fraction of sp³-hybridized carbons (Fsp3) is 0.395. The molecule has 4 aromatic rings. The Bertz CT molecular complexity index is 1610. The summed E-state index contributed by atoms with van der Waals surface area (Å²) in [6.07, 6.45) is 5.67. The van der Waals surface area contributed by atoms with Gasteiger partial charge in [-0.25, -0.2) is 0 Å². The number of fused-ring (bicyclic) bond motifs is 6. The number of benzene rings is 4. The average molecular weight is 1260 g/mol. The van der Waals surface area contributed by atoms with Crippen molar-refractivity contribution in [3.05, 3.63) is 119 Å². The predicted molar refractivity (Wildman–Crippen MR) is 282 cm³/mol. The van der Waals surface area contributed by atoms with Crippen LogP contribution in [0, 0.1) is 0 Å². The normalized spacial score (nSPS) is 12.3. The second-order valence-corrected chi connectivity index (χ2v) is 57.6. The number of rotatable bonds is 11. The number of aliphatic hydroxyl groups is 1. The molecule has 0 radical (unpaired) electrons. The molecule has 5 N–H and O–H groups in total. The number of halogens is 4. The Labute approximate surface area is 373 Å². The summed E-state index contributed by atoms with van der Waals surface area (Å²) in [6, 6.07) is 33.2. The van der Waals surface area contributed by atoms with Crippen LogP contribution in [0.4, 0.5) is 0 Å². The van der Waals surface area contributed by atoms with E-state index in [2.05, 4.69) is 134 Å². The van der Waals surface area contributed by atoms with E-state index in [0.29, 0.717) is 26.1 Å². The van der Waals surface area contributed by atoms with Gasteiger partial charge in [-0.3, -0.25) is 9.59 Å². The quantitative estimate of drug-likeness (QED) is 0.0591. The maximum absolute atomic E-state index is 11.6. The van der Waals surface area contributed by atoms with Crippen molar-refractivity contribution in [2.45, 2.75) is 58.3 Å². The van der Waals surface area contributed by atoms with Crippen LogP contribution < -0.4 is 11.5 Å². The molecule has 0 fully saturated rings. The fourth-order valence-electron chi connectivity index (χ4n) is 5.74. The summed E-state index contributed by atoms with van der Waals surface area (Å²) < 4.78 is 10.7. The summed E-state index contributed by atoms with van der Waals surface area (Å²) in [5, 5.41) is 8.75. The Kier molecular flexibility index (Phi) is 30.8. The Morgan fingerprint density at radius 3 is 1.25 bits per heavy atom. The molecule has 0 saturated carbocycles. The van der Waals surface area contributed by atoms with Crippen LogP contribution in [0.1, 0.15) is 80.5 Å². The van der Waals surface area contributed by atoms with Gasteiger partial charge in [0.15, 0.2) is 0 Å². The first-order valence-corrected chi connectivity index (χ1v) is 44.4. The molecule has 56 heavy (non-hydrogen) atoms. The number of ether oxygens (including phenoxy) is 2. The Hall–Kier alpha value is -0.520. The molecule has 2 atom stereocenters. The average Bonchev–Trinajstić information content (AvgIpc) is 3.72. The number of alkyl halides is 2. The Balaban J connectivity index is 0.000000409. The third-order valence-corrected chi connectivity index (χ3v) is 32.1. The van der Waals surface area contributed by atoms with Gasteiger partial charge in [-0.2, -0.15) is 0 Å². The van der Waals surface area contributed by atoms with Crippen LogP contribution in [0.3, 0.4) is 0 Å². The third-order valence-electron chi connectivity index (χ3n) is 8.10. The van der Waals surface area contributed by atoms with Crippen molar-refractivity contribution in [2.75, 3.05) is 49.7 Å². The zero-order valence-corrected chi connectivity index (χ0v) is 44.4. The zero-order chi connectivity index (χ0) is 41.9. The number of hydrogen-bond donors (Lipinski definition) is 3. The van der Waals surface area contributed by atoms with Gasteiger partial charge in [0.05, 0.1) is 0 Å². The number of hydrogen-bond acceptors (Lipinski definition) is 7. The van der Waals surface area contributed by atoms with Crippen molar-refractivity contribution in [2.24, 2.45) is 11.5 Å². The van der Waals surface area contributed by atoms with E-state index in [9.17, 15) is 9.59 Å². The molecule has 0 heterocycles. The van der Waals surface area contributed by atoms with E-state index < -0.39 is 15.3 Å². The molecule has 7 nitrogen and oxygen atoms in total. The summed E-state index contributed by atoms with van der Waals surface area (Å²) in [5.41, 5.74) is 19.7. The van der Waals surface area contributed by atoms with Crippen molar-refractivity contribution < 1.29 is 24.2 Å². The van der Waals surface area contributed by atoms with Gasteiger partial charge in [-0.15, -0.1) is 0 Å². The van der Waals surface area contributed by atoms with Gasteiger partial charge in [0.2, 0.25) is 0 Å². The van der Waals surface area contributed by atoms with Gasteiger partial charge in [0.25, 0.3) is 0 Å². The monoisotopic (exact) mass is 1260 g/mol. The zero-order valence-electron chi connectivity index (χ0n) is 33.8. The van der Waals surface area contributed by atoms with Crippen LogP contribution in [0.5, 0.6) is 0 Å². The minimum atomic E-state index is -0.435. The van der Waals surface area contributed by atoms with Gasteiger partial charge in [0.1, 0.15) is 13.2 Å². The third kappa shape index (κ3) is 18.8. The summed E-state index contributed by atoms with van der Waals surface area (Å²) in [4.78, 5) is 27.7. The molecule has 0 amide bonds. The van der Waals surface area contributed by atoms with Crippen LogP contribution in [-0.2, 0) is 19.1 Å². The molecule has 2 aliphatic carbocycles. The smallest absolute Gasteiger partial charge is 0.305 e. The van der Waals surface area contributed by atoms with Gasteiger partial charge in [-0.1, -0.05) is 124 Å². The molecule has 4 aromatic carbocycles. The number of carbonyl (C=O) groups excluding carboxylic acids is 2. The molecular formula is C43H62I4N2O5P2. The predicted octanol–water partition coefficient (Wildman–Crippen LogP) is 12.5. The number of aliphatic hydroxyl groups excluding tert-OH is 1. The summed E-state index contributed by atoms with van der Waals surface area (Å²) in [5.74, 6) is -0.105. The molecule has 2 unspecified atom stereocenters. The van der Waals surface area contributed by atoms with Crippen LogP contribution >= 0.6 is 80.3 Å². The van der Waals surface area contributed by atoms with Crippen LogP contribution in [-0.4, -0.2) is 66.7 Å². The molecular weight excluding hydrogens is 1190 g/mol. The maximum atomic E-state index is 11.6. The van der Waals surface area contributed by atoms with E-state index in [-0.39, 0.29) is 52.1 Å². The van der Waals surface area contributed by atoms with E-state index in [1.54, 1.807) is 0 Å². The summed E-state index contributed by atoms with van der Waals surface area (Å²) >= 11 is 4.39. The summed E-state index contributed by atoms with van der Waals surface area (Å²) in [6.45, 7) is 9.17. The standard InChI is InChI=1S/C18H18O3.C17H16O2.C3H8.C2H8I2NP.C2H7I2P.CH5N/c19-11-5-10-18(20)21-12-17-15-8-3-1-6-13(15)14-7-2-4-9-16(14)17;1-2-17(18)19-11-16-14-9-5-3-7-12(14)13-8-4-6-10-15(13)16;1-3-2;1-4(3)6-2-5;1-4(3)5-2;1-2/h1-4,6-9,17,19H,5,10-12H2;3-10,16H,2,11H2,1H3;3H2,1-2H3;6H,2,5H2,1H3;5H,1-2H3;2H2,1H3. The van der Waals surface area contributed by atoms with Crippen molar-refractivity contribution in [3.8, 4) is 22.3 Å². The van der Waals surface area contributed by atoms with Crippen molar-refractivity contribution in [1.29, 1.82) is 0 Å². The first-order chi connectivity index (χ1) is 27.1. The largest absolute Gasteiger partial charge is 0.465 e. The minimum Gasteiger partial charge on any atom is -0.465 e. The van der Waals surface area contributed by atoms with Gasteiger partial charge in [0, 0.05) is 31.3 Å². The van der Waals surface area contributed by atoms with Crippen molar-refractivity contribution in [1.82, 2.24) is 0 Å². The molecule has 6 rings (SSSR count). The van der Waals surface area contributed by atoms with Crippen molar-refractivity contribution in [3.63, 3.8) is 0 Å². The van der Waals surface area contributed by atoms with Crippen LogP contribution in [0.25, 0.3) is 22.3 Å². The summed E-state index contributed by atoms with van der Waals surface area (Å²) in [7, 11) is 1.50. The molecule has 0 saturated heterocycles. The Morgan fingerprint density at radius 2 is 1.00 bits per heavy atom. The van der Waals surface area contributed by atoms with Gasteiger partial charge >= 0.3 is 121 Å². The molecule has 0 spiro atoms. The van der Waals surface area contributed by atoms with E-state index >= 15 is 0 Å². The Morgan fingerprint density at radius 1 is 0.679 bits per heavy atom. The van der Waals surface area contributed by atoms with Crippen LogP contribution in [0.2, 0.25) is 0 Å². The topological polar surface area (TPSA) is 125 Å². The number of esters is 2. The first-order valence-electron chi connectivity index (χ1n) is 18.6. The molecule has 13 heteroatoms. The van der Waals surface area contributed by atoms with E-state index in [0.717, 1.165) is 12.5 Å².